The van der Waals surface area contributed by atoms with Crippen molar-refractivity contribution >= 4 is 17.3 Å². The minimum Gasteiger partial charge on any atom is -0.397 e. The standard InChI is InChI=1S/C14H13FN2O2/c15-10-6-7-11(16)12(8-10)17-14(19)13(18)9-4-2-1-3-5-9/h1-8,13,18H,16H2,(H,17,19). The van der Waals surface area contributed by atoms with Crippen molar-refractivity contribution in [3.05, 3.63) is 59.9 Å². The van der Waals surface area contributed by atoms with Gasteiger partial charge in [0.15, 0.2) is 6.10 Å². The molecular weight excluding hydrogens is 247 g/mol. The molecule has 0 heterocycles. The highest BCUT2D eigenvalue weighted by molar-refractivity contribution is 5.97. The van der Waals surface area contributed by atoms with Gasteiger partial charge in [0.25, 0.3) is 5.91 Å². The maximum absolute atomic E-state index is 13.1. The molecule has 1 unspecified atom stereocenters. The van der Waals surface area contributed by atoms with Crippen molar-refractivity contribution in [2.75, 3.05) is 11.1 Å². The number of hydrogen-bond acceptors (Lipinski definition) is 3. The Balaban J connectivity index is 2.15. The predicted octanol–water partition coefficient (Wildman–Crippen LogP) is 2.08. The third-order valence-electron chi connectivity index (χ3n) is 2.64. The Morgan fingerprint density at radius 2 is 1.89 bits per heavy atom. The Morgan fingerprint density at radius 3 is 2.58 bits per heavy atom. The Labute approximate surface area is 109 Å². The summed E-state index contributed by atoms with van der Waals surface area (Å²) in [4.78, 5) is 11.8. The Hall–Kier alpha value is -2.40. The maximum Gasteiger partial charge on any atom is 0.257 e. The fraction of sp³-hybridized carbons (Fsp3) is 0.0714. The van der Waals surface area contributed by atoms with Crippen LogP contribution in [0.25, 0.3) is 0 Å². The van der Waals surface area contributed by atoms with Gasteiger partial charge in [-0.15, -0.1) is 0 Å². The third kappa shape index (κ3) is 3.08. The molecule has 2 aromatic rings. The molecule has 1 amide bonds. The zero-order chi connectivity index (χ0) is 13.8. The van der Waals surface area contributed by atoms with Crippen LogP contribution in [0.2, 0.25) is 0 Å². The fourth-order valence-electron chi connectivity index (χ4n) is 1.62. The highest BCUT2D eigenvalue weighted by atomic mass is 19.1. The normalized spacial score (nSPS) is 11.9. The molecule has 4 nitrogen and oxygen atoms in total. The van der Waals surface area contributed by atoms with E-state index in [9.17, 15) is 14.3 Å². The van der Waals surface area contributed by atoms with Gasteiger partial charge in [0.2, 0.25) is 0 Å². The molecule has 0 radical (unpaired) electrons. The second-order valence-electron chi connectivity index (χ2n) is 4.03. The Bertz CT molecular complexity index is 587. The monoisotopic (exact) mass is 260 g/mol. The van der Waals surface area contributed by atoms with Crippen LogP contribution in [-0.4, -0.2) is 11.0 Å². The lowest BCUT2D eigenvalue weighted by Gasteiger charge is -2.13. The number of aliphatic hydroxyl groups is 1. The summed E-state index contributed by atoms with van der Waals surface area (Å²) in [5, 5.41) is 12.3. The first-order valence-electron chi connectivity index (χ1n) is 5.67. The summed E-state index contributed by atoms with van der Waals surface area (Å²) in [7, 11) is 0. The summed E-state index contributed by atoms with van der Waals surface area (Å²) >= 11 is 0. The molecular formula is C14H13FN2O2. The quantitative estimate of drug-likeness (QED) is 0.739. The number of amides is 1. The number of carbonyl (C=O) groups excluding carboxylic acids is 1. The SMILES string of the molecule is Nc1ccc(F)cc1NC(=O)C(O)c1ccccc1. The Kier molecular flexibility index (Phi) is 3.77. The molecule has 1 atom stereocenters. The zero-order valence-corrected chi connectivity index (χ0v) is 10.0. The van der Waals surface area contributed by atoms with Crippen molar-refractivity contribution in [1.29, 1.82) is 0 Å². The summed E-state index contributed by atoms with van der Waals surface area (Å²) in [6.07, 6.45) is -1.33. The number of nitrogen functional groups attached to an aromatic ring is 1. The molecule has 0 fully saturated rings. The van der Waals surface area contributed by atoms with E-state index in [4.69, 9.17) is 5.73 Å². The molecule has 2 aromatic carbocycles. The van der Waals surface area contributed by atoms with E-state index in [0.29, 0.717) is 5.56 Å². The molecule has 0 saturated carbocycles. The van der Waals surface area contributed by atoms with E-state index in [-0.39, 0.29) is 11.4 Å². The molecule has 0 aliphatic rings. The van der Waals surface area contributed by atoms with Crippen molar-refractivity contribution < 1.29 is 14.3 Å². The first kappa shape index (κ1) is 13.0. The lowest BCUT2D eigenvalue weighted by molar-refractivity contribution is -0.124. The second kappa shape index (κ2) is 5.49. The van der Waals surface area contributed by atoms with Gasteiger partial charge in [-0.1, -0.05) is 30.3 Å². The number of nitrogens with one attached hydrogen (secondary N) is 1. The van der Waals surface area contributed by atoms with Crippen LogP contribution in [-0.2, 0) is 4.79 Å². The van der Waals surface area contributed by atoms with Crippen LogP contribution in [0.4, 0.5) is 15.8 Å². The van der Waals surface area contributed by atoms with Gasteiger partial charge in [-0.05, 0) is 23.8 Å². The van der Waals surface area contributed by atoms with Gasteiger partial charge in [0, 0.05) is 0 Å². The van der Waals surface area contributed by atoms with E-state index in [1.54, 1.807) is 30.3 Å². The summed E-state index contributed by atoms with van der Waals surface area (Å²) in [5.74, 6) is -1.18. The van der Waals surface area contributed by atoms with Crippen LogP contribution >= 0.6 is 0 Å². The van der Waals surface area contributed by atoms with E-state index >= 15 is 0 Å². The average Bonchev–Trinajstić information content (AvgIpc) is 2.43. The Morgan fingerprint density at radius 1 is 1.21 bits per heavy atom. The number of anilines is 2. The maximum atomic E-state index is 13.1. The molecule has 0 aliphatic heterocycles. The lowest BCUT2D eigenvalue weighted by atomic mass is 10.1. The summed E-state index contributed by atoms with van der Waals surface area (Å²) in [6, 6.07) is 12.1. The molecule has 0 bridgehead atoms. The number of halogens is 1. The molecule has 0 spiro atoms. The van der Waals surface area contributed by atoms with E-state index < -0.39 is 17.8 Å². The summed E-state index contributed by atoms with van der Waals surface area (Å²) < 4.78 is 13.1. The van der Waals surface area contributed by atoms with Crippen molar-refractivity contribution in [3.63, 3.8) is 0 Å². The molecule has 98 valence electrons. The van der Waals surface area contributed by atoms with Gasteiger partial charge in [-0.25, -0.2) is 4.39 Å². The molecule has 0 saturated heterocycles. The number of carbonyl (C=O) groups is 1. The van der Waals surface area contributed by atoms with Crippen molar-refractivity contribution in [2.24, 2.45) is 0 Å². The first-order chi connectivity index (χ1) is 9.08. The van der Waals surface area contributed by atoms with Crippen molar-refractivity contribution in [1.82, 2.24) is 0 Å². The van der Waals surface area contributed by atoms with Gasteiger partial charge in [-0.3, -0.25) is 4.79 Å². The van der Waals surface area contributed by atoms with E-state index in [2.05, 4.69) is 5.32 Å². The van der Waals surface area contributed by atoms with Crippen LogP contribution in [0.15, 0.2) is 48.5 Å². The molecule has 2 rings (SSSR count). The van der Waals surface area contributed by atoms with Gasteiger partial charge >= 0.3 is 0 Å². The minimum absolute atomic E-state index is 0.139. The number of benzene rings is 2. The number of hydrogen-bond donors (Lipinski definition) is 3. The second-order valence-corrected chi connectivity index (χ2v) is 4.03. The van der Waals surface area contributed by atoms with E-state index in [1.807, 2.05) is 0 Å². The van der Waals surface area contributed by atoms with Crippen molar-refractivity contribution in [3.8, 4) is 0 Å². The predicted molar refractivity (Wildman–Crippen MR) is 70.8 cm³/mol. The van der Waals surface area contributed by atoms with E-state index in [0.717, 1.165) is 6.07 Å². The lowest BCUT2D eigenvalue weighted by Crippen LogP contribution is -2.21. The summed E-state index contributed by atoms with van der Waals surface area (Å²) in [5.41, 5.74) is 6.44. The molecule has 4 N–H and O–H groups in total. The minimum atomic E-state index is -1.33. The molecule has 0 aliphatic carbocycles. The highest BCUT2D eigenvalue weighted by Gasteiger charge is 2.18. The topological polar surface area (TPSA) is 75.3 Å². The van der Waals surface area contributed by atoms with Crippen LogP contribution in [0.3, 0.4) is 0 Å². The van der Waals surface area contributed by atoms with Gasteiger partial charge in [-0.2, -0.15) is 0 Å². The van der Waals surface area contributed by atoms with E-state index in [1.165, 1.54) is 12.1 Å². The number of rotatable bonds is 3. The zero-order valence-electron chi connectivity index (χ0n) is 10.0. The van der Waals surface area contributed by atoms with Gasteiger partial charge < -0.3 is 16.2 Å². The average molecular weight is 260 g/mol. The highest BCUT2D eigenvalue weighted by Crippen LogP contribution is 2.21. The van der Waals surface area contributed by atoms with Crippen LogP contribution < -0.4 is 11.1 Å². The van der Waals surface area contributed by atoms with Crippen molar-refractivity contribution in [2.45, 2.75) is 6.10 Å². The van der Waals surface area contributed by atoms with Crippen LogP contribution in [0, 0.1) is 5.82 Å². The molecule has 5 heteroatoms. The molecule has 19 heavy (non-hydrogen) atoms. The number of nitrogens with two attached hydrogens (primary N) is 1. The fourth-order valence-corrected chi connectivity index (χ4v) is 1.62. The number of aliphatic hydroxyl groups excluding tert-OH is 1. The molecule has 0 aromatic heterocycles. The largest absolute Gasteiger partial charge is 0.397 e. The van der Waals surface area contributed by atoms with Crippen LogP contribution in [0.1, 0.15) is 11.7 Å². The van der Waals surface area contributed by atoms with Crippen LogP contribution in [0.5, 0.6) is 0 Å². The summed E-state index contributed by atoms with van der Waals surface area (Å²) in [6.45, 7) is 0. The third-order valence-corrected chi connectivity index (χ3v) is 2.64. The van der Waals surface area contributed by atoms with Gasteiger partial charge in [0.05, 0.1) is 11.4 Å². The first-order valence-corrected chi connectivity index (χ1v) is 5.67. The van der Waals surface area contributed by atoms with Gasteiger partial charge in [0.1, 0.15) is 5.82 Å². The smallest absolute Gasteiger partial charge is 0.257 e.